The van der Waals surface area contributed by atoms with Crippen molar-refractivity contribution in [3.8, 4) is 0 Å². The quantitative estimate of drug-likeness (QED) is 0.890. The van der Waals surface area contributed by atoms with Crippen molar-refractivity contribution in [2.75, 3.05) is 32.8 Å². The van der Waals surface area contributed by atoms with E-state index >= 15 is 0 Å². The molecule has 1 fully saturated rings. The van der Waals surface area contributed by atoms with Crippen LogP contribution in [0.1, 0.15) is 30.3 Å². The molecule has 4 heteroatoms. The predicted octanol–water partition coefficient (Wildman–Crippen LogP) is 3.00. The Morgan fingerprint density at radius 1 is 1.09 bits per heavy atom. The minimum Gasteiger partial charge on any atom is -0.468 e. The fourth-order valence-corrected chi connectivity index (χ4v) is 2.95. The first-order chi connectivity index (χ1) is 10.8. The molecule has 1 aromatic heterocycles. The molecule has 1 aliphatic rings. The van der Waals surface area contributed by atoms with Gasteiger partial charge in [-0.1, -0.05) is 30.3 Å². The molecule has 0 radical (unpaired) electrons. The summed E-state index contributed by atoms with van der Waals surface area (Å²) in [4.78, 5) is 2.50. The summed E-state index contributed by atoms with van der Waals surface area (Å²) in [5, 5.41) is 3.60. The van der Waals surface area contributed by atoms with Gasteiger partial charge in [-0.3, -0.25) is 4.90 Å². The highest BCUT2D eigenvalue weighted by molar-refractivity contribution is 5.20. The van der Waals surface area contributed by atoms with E-state index < -0.39 is 0 Å². The average Bonchev–Trinajstić information content (AvgIpc) is 3.11. The Hall–Kier alpha value is -1.62. The summed E-state index contributed by atoms with van der Waals surface area (Å²) >= 11 is 0. The van der Waals surface area contributed by atoms with Crippen LogP contribution in [0.2, 0.25) is 0 Å². The van der Waals surface area contributed by atoms with E-state index in [0.717, 1.165) is 38.6 Å². The maximum absolute atomic E-state index is 5.49. The lowest BCUT2D eigenvalue weighted by atomic mass is 10.0. The van der Waals surface area contributed by atoms with Gasteiger partial charge < -0.3 is 14.5 Å². The second-order valence-corrected chi connectivity index (χ2v) is 5.72. The van der Waals surface area contributed by atoms with Crippen LogP contribution in [0.25, 0.3) is 0 Å². The number of furan rings is 1. The van der Waals surface area contributed by atoms with E-state index in [2.05, 4.69) is 47.5 Å². The molecule has 0 unspecified atom stereocenters. The average molecular weight is 300 g/mol. The first-order valence-electron chi connectivity index (χ1n) is 7.98. The summed E-state index contributed by atoms with van der Waals surface area (Å²) in [5.74, 6) is 0.980. The fourth-order valence-electron chi connectivity index (χ4n) is 2.95. The van der Waals surface area contributed by atoms with Gasteiger partial charge in [0.25, 0.3) is 0 Å². The van der Waals surface area contributed by atoms with E-state index in [-0.39, 0.29) is 6.04 Å². The summed E-state index contributed by atoms with van der Waals surface area (Å²) in [6, 6.07) is 15.2. The van der Waals surface area contributed by atoms with Crippen LogP contribution >= 0.6 is 0 Å². The Labute approximate surface area is 132 Å². The molecule has 0 amide bonds. The van der Waals surface area contributed by atoms with Gasteiger partial charge in [0.15, 0.2) is 0 Å². The maximum atomic E-state index is 5.49. The van der Waals surface area contributed by atoms with Crippen LogP contribution in [-0.4, -0.2) is 37.7 Å². The van der Waals surface area contributed by atoms with Crippen LogP contribution in [0.3, 0.4) is 0 Å². The van der Waals surface area contributed by atoms with E-state index in [4.69, 9.17) is 9.15 Å². The third-order valence-corrected chi connectivity index (χ3v) is 4.26. The van der Waals surface area contributed by atoms with Gasteiger partial charge in [-0.25, -0.2) is 0 Å². The van der Waals surface area contributed by atoms with Crippen LogP contribution in [0.4, 0.5) is 0 Å². The first-order valence-corrected chi connectivity index (χ1v) is 7.98. The molecule has 22 heavy (non-hydrogen) atoms. The number of rotatable bonds is 6. The second-order valence-electron chi connectivity index (χ2n) is 5.72. The second kappa shape index (κ2) is 7.58. The highest BCUT2D eigenvalue weighted by Crippen LogP contribution is 2.22. The third kappa shape index (κ3) is 3.77. The SMILES string of the molecule is C[C@@H](NC[C@H](c1ccccc1)N1CCOCC1)c1ccco1. The molecule has 1 saturated heterocycles. The number of hydrogen-bond acceptors (Lipinski definition) is 4. The monoisotopic (exact) mass is 300 g/mol. The zero-order valence-electron chi connectivity index (χ0n) is 13.1. The van der Waals surface area contributed by atoms with E-state index in [1.165, 1.54) is 5.56 Å². The number of ether oxygens (including phenoxy) is 1. The minimum atomic E-state index is 0.210. The Kier molecular flexibility index (Phi) is 5.27. The highest BCUT2D eigenvalue weighted by atomic mass is 16.5. The van der Waals surface area contributed by atoms with Gasteiger partial charge in [0.1, 0.15) is 5.76 Å². The molecule has 1 aliphatic heterocycles. The number of benzene rings is 1. The molecule has 2 heterocycles. The normalized spacial score (nSPS) is 19.0. The lowest BCUT2D eigenvalue weighted by Crippen LogP contribution is -2.43. The van der Waals surface area contributed by atoms with E-state index in [9.17, 15) is 0 Å². The minimum absolute atomic E-state index is 0.210. The molecule has 0 saturated carbocycles. The van der Waals surface area contributed by atoms with Crippen molar-refractivity contribution < 1.29 is 9.15 Å². The van der Waals surface area contributed by atoms with Crippen LogP contribution in [0.5, 0.6) is 0 Å². The van der Waals surface area contributed by atoms with E-state index in [1.54, 1.807) is 6.26 Å². The van der Waals surface area contributed by atoms with Gasteiger partial charge in [0, 0.05) is 25.7 Å². The maximum Gasteiger partial charge on any atom is 0.120 e. The lowest BCUT2D eigenvalue weighted by molar-refractivity contribution is 0.0156. The van der Waals surface area contributed by atoms with Gasteiger partial charge in [0.2, 0.25) is 0 Å². The topological polar surface area (TPSA) is 37.6 Å². The van der Waals surface area contributed by atoms with Crippen molar-refractivity contribution in [3.63, 3.8) is 0 Å². The number of nitrogens with one attached hydrogen (secondary N) is 1. The molecular weight excluding hydrogens is 276 g/mol. The molecule has 3 rings (SSSR count). The van der Waals surface area contributed by atoms with Crippen LogP contribution in [0.15, 0.2) is 53.1 Å². The summed E-state index contributed by atoms with van der Waals surface area (Å²) in [6.07, 6.45) is 1.73. The third-order valence-electron chi connectivity index (χ3n) is 4.26. The smallest absolute Gasteiger partial charge is 0.120 e. The highest BCUT2D eigenvalue weighted by Gasteiger charge is 2.23. The summed E-state index contributed by atoms with van der Waals surface area (Å²) in [5.41, 5.74) is 1.35. The van der Waals surface area contributed by atoms with Crippen molar-refractivity contribution in [3.05, 3.63) is 60.1 Å². The van der Waals surface area contributed by atoms with E-state index in [1.807, 2.05) is 12.1 Å². The summed E-state index contributed by atoms with van der Waals surface area (Å²) in [7, 11) is 0. The molecule has 1 N–H and O–H groups in total. The van der Waals surface area contributed by atoms with Gasteiger partial charge in [-0.15, -0.1) is 0 Å². The molecule has 118 valence electrons. The molecule has 2 aromatic rings. The molecule has 1 aromatic carbocycles. The number of morpholine rings is 1. The Morgan fingerprint density at radius 2 is 1.86 bits per heavy atom. The van der Waals surface area contributed by atoms with Crippen LogP contribution < -0.4 is 5.32 Å². The summed E-state index contributed by atoms with van der Waals surface area (Å²) in [6.45, 7) is 6.63. The summed E-state index contributed by atoms with van der Waals surface area (Å²) < 4.78 is 11.0. The van der Waals surface area contributed by atoms with Gasteiger partial charge in [-0.05, 0) is 24.6 Å². The van der Waals surface area contributed by atoms with Crippen molar-refractivity contribution in [2.45, 2.75) is 19.0 Å². The predicted molar refractivity (Wildman–Crippen MR) is 86.7 cm³/mol. The molecular formula is C18H24N2O2. The number of nitrogens with zero attached hydrogens (tertiary/aromatic N) is 1. The molecule has 2 atom stereocenters. The fraction of sp³-hybridized carbons (Fsp3) is 0.444. The van der Waals surface area contributed by atoms with Crippen LogP contribution in [-0.2, 0) is 4.74 Å². The zero-order valence-corrected chi connectivity index (χ0v) is 13.1. The standard InChI is InChI=1S/C18H24N2O2/c1-15(18-8-5-11-22-18)19-14-17(16-6-3-2-4-7-16)20-9-12-21-13-10-20/h2-8,11,15,17,19H,9-10,12-14H2,1H3/t15-,17-/m1/s1. The van der Waals surface area contributed by atoms with Crippen molar-refractivity contribution in [1.82, 2.24) is 10.2 Å². The Morgan fingerprint density at radius 3 is 2.55 bits per heavy atom. The van der Waals surface area contributed by atoms with Crippen molar-refractivity contribution in [1.29, 1.82) is 0 Å². The first kappa shape index (κ1) is 15.3. The van der Waals surface area contributed by atoms with Crippen LogP contribution in [0, 0.1) is 0 Å². The van der Waals surface area contributed by atoms with Gasteiger partial charge in [0.05, 0.1) is 25.5 Å². The molecule has 0 bridgehead atoms. The number of hydrogen-bond donors (Lipinski definition) is 1. The van der Waals surface area contributed by atoms with Gasteiger partial charge >= 0.3 is 0 Å². The zero-order chi connectivity index (χ0) is 15.2. The largest absolute Gasteiger partial charge is 0.468 e. The molecule has 0 aliphatic carbocycles. The Balaban J connectivity index is 1.68. The molecule has 4 nitrogen and oxygen atoms in total. The Bertz CT molecular complexity index is 535. The lowest BCUT2D eigenvalue weighted by Gasteiger charge is -2.35. The van der Waals surface area contributed by atoms with Gasteiger partial charge in [-0.2, -0.15) is 0 Å². The van der Waals surface area contributed by atoms with E-state index in [0.29, 0.717) is 6.04 Å². The van der Waals surface area contributed by atoms with Crippen molar-refractivity contribution in [2.24, 2.45) is 0 Å². The van der Waals surface area contributed by atoms with Crippen molar-refractivity contribution >= 4 is 0 Å². The molecule has 0 spiro atoms.